The van der Waals surface area contributed by atoms with Crippen LogP contribution < -0.4 is 10.2 Å². The summed E-state index contributed by atoms with van der Waals surface area (Å²) in [5, 5.41) is 2.59. The minimum atomic E-state index is -0.169. The van der Waals surface area contributed by atoms with Gasteiger partial charge in [0.25, 0.3) is 5.91 Å². The van der Waals surface area contributed by atoms with Crippen LogP contribution in [0.15, 0.2) is 36.4 Å². The molecule has 0 saturated carbocycles. The van der Waals surface area contributed by atoms with Crippen LogP contribution in [0.4, 0.5) is 0 Å². The van der Waals surface area contributed by atoms with E-state index in [4.69, 9.17) is 0 Å². The number of carbonyl (C=O) groups excluding carboxylic acids is 3. The predicted molar refractivity (Wildman–Crippen MR) is 92.5 cm³/mol. The number of rotatable bonds is 5. The Morgan fingerprint density at radius 2 is 1.68 bits per heavy atom. The van der Waals surface area contributed by atoms with Crippen molar-refractivity contribution < 1.29 is 19.3 Å². The third-order valence-corrected chi connectivity index (χ3v) is 4.98. The first-order chi connectivity index (χ1) is 12.0. The lowest BCUT2D eigenvalue weighted by Gasteiger charge is -2.20. The summed E-state index contributed by atoms with van der Waals surface area (Å²) in [6.45, 7) is 1.06. The van der Waals surface area contributed by atoms with E-state index in [0.717, 1.165) is 10.5 Å². The van der Waals surface area contributed by atoms with Crippen molar-refractivity contribution in [3.05, 3.63) is 47.5 Å². The molecule has 0 aromatic heterocycles. The van der Waals surface area contributed by atoms with E-state index in [9.17, 15) is 14.4 Å². The van der Waals surface area contributed by atoms with Gasteiger partial charge in [-0.25, -0.2) is 4.90 Å². The van der Waals surface area contributed by atoms with E-state index in [2.05, 4.69) is 5.32 Å². The van der Waals surface area contributed by atoms with Gasteiger partial charge in [0.05, 0.1) is 18.9 Å². The Morgan fingerprint density at radius 1 is 1.12 bits per heavy atom. The summed E-state index contributed by atoms with van der Waals surface area (Å²) in [7, 11) is 3.57. The standard InChI is InChI=1S/C19H23N3O3/c1-20-17(23)14-9-7-13(8-10-14)11-21(2)12-22-18(24)15-5-3-4-6-16(15)19(22)25/h3-4,7-10,15-16H,5-6,11-12H2,1-2H3,(H,20,23)/p+1/t15-,16-/m0/s1. The quantitative estimate of drug-likeness (QED) is 0.583. The number of hydrogen-bond donors (Lipinski definition) is 2. The molecule has 132 valence electrons. The maximum Gasteiger partial charge on any atom is 0.251 e. The molecule has 1 fully saturated rings. The number of fused-ring (bicyclic) bond motifs is 1. The van der Waals surface area contributed by atoms with Crippen molar-refractivity contribution in [2.45, 2.75) is 19.4 Å². The second-order valence-electron chi connectivity index (χ2n) is 6.83. The van der Waals surface area contributed by atoms with Gasteiger partial charge in [-0.1, -0.05) is 24.3 Å². The van der Waals surface area contributed by atoms with E-state index in [1.807, 2.05) is 31.3 Å². The van der Waals surface area contributed by atoms with Crippen LogP contribution in [0.1, 0.15) is 28.8 Å². The lowest BCUT2D eigenvalue weighted by molar-refractivity contribution is -0.901. The average molecular weight is 342 g/mol. The molecule has 0 spiro atoms. The number of nitrogens with zero attached hydrogens (tertiary/aromatic N) is 1. The lowest BCUT2D eigenvalue weighted by atomic mass is 9.85. The largest absolute Gasteiger partial charge is 0.355 e. The fourth-order valence-electron chi connectivity index (χ4n) is 3.62. The zero-order chi connectivity index (χ0) is 18.0. The van der Waals surface area contributed by atoms with Gasteiger partial charge >= 0.3 is 0 Å². The van der Waals surface area contributed by atoms with Crippen molar-refractivity contribution in [3.8, 4) is 0 Å². The first kappa shape index (κ1) is 17.4. The molecule has 2 aliphatic rings. The zero-order valence-electron chi connectivity index (χ0n) is 14.6. The summed E-state index contributed by atoms with van der Waals surface area (Å²) >= 11 is 0. The van der Waals surface area contributed by atoms with E-state index < -0.39 is 0 Å². The highest BCUT2D eigenvalue weighted by Gasteiger charge is 2.48. The van der Waals surface area contributed by atoms with Gasteiger partial charge in [0.1, 0.15) is 6.54 Å². The number of imide groups is 1. The SMILES string of the molecule is CNC(=O)c1ccc(C[NH+](C)CN2C(=O)[C@H]3CC=CC[C@@H]3C2=O)cc1. The predicted octanol–water partition coefficient (Wildman–Crippen LogP) is -0.0304. The molecule has 1 saturated heterocycles. The topological polar surface area (TPSA) is 70.9 Å². The van der Waals surface area contributed by atoms with Gasteiger partial charge < -0.3 is 10.2 Å². The minimum Gasteiger partial charge on any atom is -0.355 e. The van der Waals surface area contributed by atoms with Crippen LogP contribution in [0.25, 0.3) is 0 Å². The van der Waals surface area contributed by atoms with Gasteiger partial charge in [-0.05, 0) is 25.0 Å². The molecule has 3 rings (SSSR count). The Morgan fingerprint density at radius 3 is 2.20 bits per heavy atom. The number of allylic oxidation sites excluding steroid dienone is 2. The van der Waals surface area contributed by atoms with Gasteiger partial charge in [0.2, 0.25) is 11.8 Å². The van der Waals surface area contributed by atoms with Crippen LogP contribution in [0.3, 0.4) is 0 Å². The Kier molecular flexibility index (Phi) is 4.99. The van der Waals surface area contributed by atoms with Gasteiger partial charge in [-0.15, -0.1) is 0 Å². The van der Waals surface area contributed by atoms with Crippen LogP contribution in [0.2, 0.25) is 0 Å². The van der Waals surface area contributed by atoms with Crippen molar-refractivity contribution in [1.82, 2.24) is 10.2 Å². The normalized spacial score (nSPS) is 23.5. The van der Waals surface area contributed by atoms with Crippen molar-refractivity contribution in [2.24, 2.45) is 11.8 Å². The average Bonchev–Trinajstić information content (AvgIpc) is 2.87. The number of carbonyl (C=O) groups is 3. The number of benzene rings is 1. The third kappa shape index (κ3) is 3.49. The molecule has 0 bridgehead atoms. The summed E-state index contributed by atoms with van der Waals surface area (Å²) in [6, 6.07) is 7.39. The summed E-state index contributed by atoms with van der Waals surface area (Å²) in [5.74, 6) is -0.520. The molecule has 2 N–H and O–H groups in total. The maximum absolute atomic E-state index is 12.5. The summed E-state index contributed by atoms with van der Waals surface area (Å²) in [6.07, 6.45) is 5.35. The smallest absolute Gasteiger partial charge is 0.251 e. The molecule has 1 unspecified atom stereocenters. The molecule has 6 heteroatoms. The zero-order valence-corrected chi connectivity index (χ0v) is 14.6. The second kappa shape index (κ2) is 7.19. The van der Waals surface area contributed by atoms with Crippen LogP contribution in [0.5, 0.6) is 0 Å². The van der Waals surface area contributed by atoms with Crippen LogP contribution in [0, 0.1) is 11.8 Å². The second-order valence-corrected chi connectivity index (χ2v) is 6.83. The molecule has 25 heavy (non-hydrogen) atoms. The Balaban J connectivity index is 1.61. The van der Waals surface area contributed by atoms with Gasteiger partial charge in [0, 0.05) is 18.2 Å². The molecule has 3 amide bonds. The highest BCUT2D eigenvalue weighted by Crippen LogP contribution is 2.34. The number of likely N-dealkylation sites (tertiary alicyclic amines) is 1. The lowest BCUT2D eigenvalue weighted by Crippen LogP contribution is -3.09. The van der Waals surface area contributed by atoms with Gasteiger partial charge in [-0.3, -0.25) is 14.4 Å². The van der Waals surface area contributed by atoms with E-state index >= 15 is 0 Å². The minimum absolute atomic E-state index is 0.0336. The molecule has 3 atom stereocenters. The number of amides is 3. The van der Waals surface area contributed by atoms with E-state index in [1.165, 1.54) is 4.90 Å². The van der Waals surface area contributed by atoms with Gasteiger partial charge in [-0.2, -0.15) is 0 Å². The Bertz CT molecular complexity index is 685. The fourth-order valence-corrected chi connectivity index (χ4v) is 3.62. The Hall–Kier alpha value is -2.47. The summed E-state index contributed by atoms with van der Waals surface area (Å²) < 4.78 is 0. The number of hydrogen-bond acceptors (Lipinski definition) is 3. The van der Waals surface area contributed by atoms with Crippen LogP contribution >= 0.6 is 0 Å². The van der Waals surface area contributed by atoms with Crippen molar-refractivity contribution >= 4 is 17.7 Å². The number of quaternary nitrogens is 1. The maximum atomic E-state index is 12.5. The molecule has 1 aromatic rings. The van der Waals surface area contributed by atoms with E-state index in [-0.39, 0.29) is 29.6 Å². The van der Waals surface area contributed by atoms with Crippen molar-refractivity contribution in [2.75, 3.05) is 20.8 Å². The fraction of sp³-hybridized carbons (Fsp3) is 0.421. The van der Waals surface area contributed by atoms with E-state index in [1.54, 1.807) is 19.2 Å². The molecule has 1 heterocycles. The highest BCUT2D eigenvalue weighted by atomic mass is 16.2. The molecule has 0 radical (unpaired) electrons. The first-order valence-electron chi connectivity index (χ1n) is 8.63. The van der Waals surface area contributed by atoms with Crippen molar-refractivity contribution in [1.29, 1.82) is 0 Å². The molecule has 1 aliphatic heterocycles. The van der Waals surface area contributed by atoms with Crippen LogP contribution in [-0.4, -0.2) is 43.4 Å². The number of nitrogens with one attached hydrogen (secondary N) is 2. The first-order valence-corrected chi connectivity index (χ1v) is 8.63. The molecular weight excluding hydrogens is 318 g/mol. The molecular formula is C19H24N3O3+. The summed E-state index contributed by atoms with van der Waals surface area (Å²) in [5.41, 5.74) is 1.67. The van der Waals surface area contributed by atoms with Gasteiger partial charge in [0.15, 0.2) is 6.67 Å². The highest BCUT2D eigenvalue weighted by molar-refractivity contribution is 6.05. The summed E-state index contributed by atoms with van der Waals surface area (Å²) in [4.78, 5) is 39.1. The molecule has 1 aromatic carbocycles. The molecule has 6 nitrogen and oxygen atoms in total. The third-order valence-electron chi connectivity index (χ3n) is 4.98. The molecule has 1 aliphatic carbocycles. The van der Waals surface area contributed by atoms with Crippen LogP contribution in [-0.2, 0) is 16.1 Å². The van der Waals surface area contributed by atoms with E-state index in [0.29, 0.717) is 31.6 Å². The monoisotopic (exact) mass is 342 g/mol. The Labute approximate surface area is 147 Å². The van der Waals surface area contributed by atoms with Crippen molar-refractivity contribution in [3.63, 3.8) is 0 Å².